The fourth-order valence-electron chi connectivity index (χ4n) is 0.727. The minimum absolute atomic E-state index is 0.214. The standard InChI is InChI=1S/C5H9NO/c7-5-3-1-2-4-6-5/h1-4H2,(H,6,7)/i6+1. The summed E-state index contributed by atoms with van der Waals surface area (Å²) in [6.45, 7) is 0.888. The van der Waals surface area contributed by atoms with Crippen LogP contribution in [0.2, 0.25) is 0 Å². The molecule has 1 amide bonds. The van der Waals surface area contributed by atoms with Crippen molar-refractivity contribution < 1.29 is 4.79 Å². The monoisotopic (exact) mass is 100 g/mol. The summed E-state index contributed by atoms with van der Waals surface area (Å²) in [6, 6.07) is 0. The lowest BCUT2D eigenvalue weighted by molar-refractivity contribution is -0.122. The van der Waals surface area contributed by atoms with Crippen LogP contribution in [0.4, 0.5) is 0 Å². The maximum Gasteiger partial charge on any atom is 0.219 e. The average Bonchev–Trinajstić information content (AvgIpc) is 1.69. The quantitative estimate of drug-likeness (QED) is 0.435. The van der Waals surface area contributed by atoms with E-state index in [1.54, 1.807) is 0 Å². The molecule has 1 N–H and O–H groups in total. The molecule has 0 bridgehead atoms. The van der Waals surface area contributed by atoms with Crippen molar-refractivity contribution in [3.05, 3.63) is 0 Å². The first-order valence-corrected chi connectivity index (χ1v) is 2.66. The zero-order chi connectivity index (χ0) is 5.11. The number of hydrogen-bond donors (Lipinski definition) is 1. The number of amides is 1. The lowest BCUT2D eigenvalue weighted by Crippen LogP contribution is -2.28. The summed E-state index contributed by atoms with van der Waals surface area (Å²) < 4.78 is 0. The summed E-state index contributed by atoms with van der Waals surface area (Å²) in [7, 11) is 0. The molecule has 0 aliphatic carbocycles. The molecular formula is C5H9NO. The van der Waals surface area contributed by atoms with Gasteiger partial charge in [0.2, 0.25) is 5.91 Å². The van der Waals surface area contributed by atoms with Gasteiger partial charge in [-0.3, -0.25) is 4.79 Å². The highest BCUT2D eigenvalue weighted by atomic mass is 16.2. The average molecular weight is 100 g/mol. The van der Waals surface area contributed by atoms with E-state index in [-0.39, 0.29) is 5.91 Å². The third-order valence-electron chi connectivity index (χ3n) is 1.15. The van der Waals surface area contributed by atoms with Crippen molar-refractivity contribution in [2.24, 2.45) is 0 Å². The van der Waals surface area contributed by atoms with E-state index in [0.717, 1.165) is 25.8 Å². The van der Waals surface area contributed by atoms with Crippen molar-refractivity contribution in [2.75, 3.05) is 6.54 Å². The highest BCUT2D eigenvalue weighted by Crippen LogP contribution is 1.98. The molecule has 1 rings (SSSR count). The molecule has 0 saturated carbocycles. The summed E-state index contributed by atoms with van der Waals surface area (Å²) in [5.74, 6) is 0.214. The van der Waals surface area contributed by atoms with E-state index in [2.05, 4.69) is 5.32 Å². The summed E-state index contributed by atoms with van der Waals surface area (Å²) in [5, 5.41) is 2.74. The molecule has 0 aromatic heterocycles. The maximum atomic E-state index is 10.4. The predicted molar refractivity (Wildman–Crippen MR) is 26.9 cm³/mol. The predicted octanol–water partition coefficient (Wildman–Crippen LogP) is 0.287. The van der Waals surface area contributed by atoms with Crippen molar-refractivity contribution >= 4 is 5.91 Å². The number of nitrogens with one attached hydrogen (secondary N) is 1. The zero-order valence-corrected chi connectivity index (χ0v) is 4.24. The summed E-state index contributed by atoms with van der Waals surface area (Å²) >= 11 is 0. The molecule has 1 aliphatic rings. The molecule has 0 atom stereocenters. The van der Waals surface area contributed by atoms with Gasteiger partial charge in [0.15, 0.2) is 0 Å². The van der Waals surface area contributed by atoms with E-state index in [9.17, 15) is 4.79 Å². The van der Waals surface area contributed by atoms with Gasteiger partial charge in [-0.1, -0.05) is 0 Å². The number of carbonyl (C=O) groups is 1. The first-order valence-electron chi connectivity index (χ1n) is 2.66. The first kappa shape index (κ1) is 4.62. The Morgan fingerprint density at radius 3 is 2.57 bits per heavy atom. The lowest BCUT2D eigenvalue weighted by atomic mass is 10.2. The van der Waals surface area contributed by atoms with Crippen LogP contribution in [0, 0.1) is 0 Å². The van der Waals surface area contributed by atoms with E-state index in [0.29, 0.717) is 0 Å². The molecule has 7 heavy (non-hydrogen) atoms. The van der Waals surface area contributed by atoms with Crippen molar-refractivity contribution in [2.45, 2.75) is 19.3 Å². The molecule has 1 fully saturated rings. The van der Waals surface area contributed by atoms with Gasteiger partial charge in [-0.15, -0.1) is 0 Å². The topological polar surface area (TPSA) is 29.1 Å². The molecule has 2 nitrogen and oxygen atoms in total. The molecule has 40 valence electrons. The van der Waals surface area contributed by atoms with Crippen LogP contribution in [-0.2, 0) is 4.79 Å². The Bertz CT molecular complexity index is 72.1. The van der Waals surface area contributed by atoms with Gasteiger partial charge in [0.25, 0.3) is 0 Å². The number of carbonyl (C=O) groups excluding carboxylic acids is 1. The molecule has 1 heterocycles. The zero-order valence-electron chi connectivity index (χ0n) is 4.24. The van der Waals surface area contributed by atoms with E-state index in [1.807, 2.05) is 0 Å². The van der Waals surface area contributed by atoms with Gasteiger partial charge < -0.3 is 5.32 Å². The van der Waals surface area contributed by atoms with E-state index < -0.39 is 0 Å². The smallest absolute Gasteiger partial charge is 0.219 e. The molecule has 0 unspecified atom stereocenters. The molecular weight excluding hydrogens is 91.1 g/mol. The summed E-state index contributed by atoms with van der Waals surface area (Å²) in [4.78, 5) is 10.4. The molecule has 0 aromatic carbocycles. The minimum Gasteiger partial charge on any atom is -0.356 e. The van der Waals surface area contributed by atoms with Crippen LogP contribution >= 0.6 is 0 Å². The Labute approximate surface area is 42.9 Å². The van der Waals surface area contributed by atoms with Gasteiger partial charge in [-0.25, -0.2) is 0 Å². The Morgan fingerprint density at radius 1 is 1.43 bits per heavy atom. The fourth-order valence-corrected chi connectivity index (χ4v) is 0.727. The van der Waals surface area contributed by atoms with Crippen LogP contribution in [0.15, 0.2) is 0 Å². The largest absolute Gasteiger partial charge is 0.356 e. The Hall–Kier alpha value is -0.530. The Morgan fingerprint density at radius 2 is 2.29 bits per heavy atom. The van der Waals surface area contributed by atoms with Crippen LogP contribution in [0.3, 0.4) is 0 Å². The Kier molecular flexibility index (Phi) is 1.29. The van der Waals surface area contributed by atoms with Crippen molar-refractivity contribution in [3.8, 4) is 0 Å². The second-order valence-electron chi connectivity index (χ2n) is 1.81. The van der Waals surface area contributed by atoms with Gasteiger partial charge in [-0.05, 0) is 12.8 Å². The third kappa shape index (κ3) is 1.18. The number of piperidine rings is 1. The van der Waals surface area contributed by atoms with Gasteiger partial charge in [0.05, 0.1) is 0 Å². The fraction of sp³-hybridized carbons (Fsp3) is 0.800. The van der Waals surface area contributed by atoms with Crippen molar-refractivity contribution in [1.29, 1.82) is 0 Å². The van der Waals surface area contributed by atoms with Crippen LogP contribution in [0.5, 0.6) is 0 Å². The van der Waals surface area contributed by atoms with Crippen molar-refractivity contribution in [1.82, 2.24) is 5.32 Å². The normalized spacial score (nSPS) is 21.4. The van der Waals surface area contributed by atoms with Crippen LogP contribution in [0.1, 0.15) is 19.3 Å². The van der Waals surface area contributed by atoms with Crippen LogP contribution < -0.4 is 5.32 Å². The molecule has 0 spiro atoms. The van der Waals surface area contributed by atoms with E-state index in [4.69, 9.17) is 0 Å². The molecule has 1 saturated heterocycles. The van der Waals surface area contributed by atoms with Gasteiger partial charge in [0, 0.05) is 13.0 Å². The molecule has 2 heteroatoms. The van der Waals surface area contributed by atoms with Crippen molar-refractivity contribution in [3.63, 3.8) is 0 Å². The van der Waals surface area contributed by atoms with Crippen LogP contribution in [0.25, 0.3) is 0 Å². The van der Waals surface area contributed by atoms with Gasteiger partial charge in [-0.2, -0.15) is 0 Å². The summed E-state index contributed by atoms with van der Waals surface area (Å²) in [6.07, 6.45) is 2.97. The van der Waals surface area contributed by atoms with Gasteiger partial charge in [0.1, 0.15) is 0 Å². The highest BCUT2D eigenvalue weighted by molar-refractivity contribution is 5.76. The Balaban J connectivity index is 2.25. The second-order valence-corrected chi connectivity index (χ2v) is 1.81. The van der Waals surface area contributed by atoms with Gasteiger partial charge >= 0.3 is 0 Å². The third-order valence-corrected chi connectivity index (χ3v) is 1.15. The maximum absolute atomic E-state index is 10.4. The SMILES string of the molecule is O=C1CCCC[15NH]1. The summed E-state index contributed by atoms with van der Waals surface area (Å²) in [5.41, 5.74) is 0. The molecule has 0 aromatic rings. The van der Waals surface area contributed by atoms with Crippen LogP contribution in [-0.4, -0.2) is 12.5 Å². The number of hydrogen-bond acceptors (Lipinski definition) is 1. The second kappa shape index (κ2) is 1.96. The minimum atomic E-state index is 0.214. The molecule has 1 aliphatic heterocycles. The lowest BCUT2D eigenvalue weighted by Gasteiger charge is -2.08. The number of rotatable bonds is 0. The first-order chi connectivity index (χ1) is 3.39. The van der Waals surface area contributed by atoms with E-state index in [1.165, 1.54) is 0 Å². The molecule has 0 radical (unpaired) electrons. The highest BCUT2D eigenvalue weighted by Gasteiger charge is 2.04. The van der Waals surface area contributed by atoms with E-state index >= 15 is 0 Å².